The molecule has 5 heteroatoms. The molecule has 5 nitrogen and oxygen atoms in total. The van der Waals surface area contributed by atoms with Crippen molar-refractivity contribution in [2.75, 3.05) is 19.6 Å². The Hall–Kier alpha value is -1.10. The largest absolute Gasteiger partial charge is 0.341 e. The third-order valence-electron chi connectivity index (χ3n) is 4.68. The molecular formula is C16H29N3O2. The first kappa shape index (κ1) is 16.3. The van der Waals surface area contributed by atoms with E-state index >= 15 is 0 Å². The van der Waals surface area contributed by atoms with Gasteiger partial charge in [0.2, 0.25) is 11.8 Å². The molecule has 1 saturated carbocycles. The Morgan fingerprint density at radius 3 is 2.48 bits per heavy atom. The highest BCUT2D eigenvalue weighted by molar-refractivity contribution is 5.82. The van der Waals surface area contributed by atoms with Gasteiger partial charge in [0.25, 0.3) is 0 Å². The van der Waals surface area contributed by atoms with Crippen molar-refractivity contribution in [3.05, 3.63) is 0 Å². The van der Waals surface area contributed by atoms with Gasteiger partial charge < -0.3 is 15.5 Å². The van der Waals surface area contributed by atoms with Crippen LogP contribution in [0.15, 0.2) is 0 Å². The van der Waals surface area contributed by atoms with E-state index in [9.17, 15) is 9.59 Å². The molecule has 2 unspecified atom stereocenters. The minimum Gasteiger partial charge on any atom is -0.341 e. The summed E-state index contributed by atoms with van der Waals surface area (Å²) in [6.07, 6.45) is 4.37. The van der Waals surface area contributed by atoms with Gasteiger partial charge in [-0.05, 0) is 37.5 Å². The number of hydrogen-bond acceptors (Lipinski definition) is 3. The van der Waals surface area contributed by atoms with Crippen molar-refractivity contribution in [1.29, 1.82) is 0 Å². The van der Waals surface area contributed by atoms with E-state index in [4.69, 9.17) is 5.73 Å². The second kappa shape index (κ2) is 6.77. The van der Waals surface area contributed by atoms with Crippen LogP contribution in [0.1, 0.15) is 46.5 Å². The normalized spacial score (nSPS) is 24.0. The van der Waals surface area contributed by atoms with Crippen LogP contribution in [-0.2, 0) is 9.59 Å². The van der Waals surface area contributed by atoms with E-state index in [2.05, 4.69) is 0 Å². The van der Waals surface area contributed by atoms with Crippen LogP contribution in [0.3, 0.4) is 0 Å². The number of nitrogens with zero attached hydrogens (tertiary/aromatic N) is 2. The molecule has 2 aliphatic rings. The van der Waals surface area contributed by atoms with Crippen LogP contribution in [0, 0.1) is 11.8 Å². The summed E-state index contributed by atoms with van der Waals surface area (Å²) in [4.78, 5) is 28.0. The highest BCUT2D eigenvalue weighted by atomic mass is 16.2. The molecule has 0 bridgehead atoms. The van der Waals surface area contributed by atoms with Gasteiger partial charge in [0.15, 0.2) is 0 Å². The topological polar surface area (TPSA) is 66.6 Å². The molecule has 0 aromatic carbocycles. The number of piperidine rings is 1. The fraction of sp³-hybridized carbons (Fsp3) is 0.875. The van der Waals surface area contributed by atoms with Crippen LogP contribution in [0.4, 0.5) is 0 Å². The third kappa shape index (κ3) is 4.19. The Labute approximate surface area is 127 Å². The number of likely N-dealkylation sites (tertiary alicyclic amines) is 1. The zero-order chi connectivity index (χ0) is 15.6. The van der Waals surface area contributed by atoms with Crippen molar-refractivity contribution in [2.45, 2.75) is 58.5 Å². The third-order valence-corrected chi connectivity index (χ3v) is 4.68. The number of hydrogen-bond donors (Lipinski definition) is 1. The number of carbonyl (C=O) groups excluding carboxylic acids is 2. The van der Waals surface area contributed by atoms with Crippen molar-refractivity contribution >= 4 is 11.8 Å². The van der Waals surface area contributed by atoms with E-state index in [1.54, 1.807) is 6.92 Å². The molecule has 1 aliphatic carbocycles. The fourth-order valence-electron chi connectivity index (χ4n) is 3.11. The summed E-state index contributed by atoms with van der Waals surface area (Å²) < 4.78 is 0. The zero-order valence-electron chi connectivity index (χ0n) is 13.5. The predicted molar refractivity (Wildman–Crippen MR) is 82.5 cm³/mol. The van der Waals surface area contributed by atoms with Crippen LogP contribution in [0.2, 0.25) is 0 Å². The average molecular weight is 295 g/mol. The summed E-state index contributed by atoms with van der Waals surface area (Å²) in [5, 5.41) is 0. The summed E-state index contributed by atoms with van der Waals surface area (Å²) in [5.41, 5.74) is 5.99. The van der Waals surface area contributed by atoms with Crippen LogP contribution >= 0.6 is 0 Å². The molecule has 2 N–H and O–H groups in total. The molecular weight excluding hydrogens is 266 g/mol. The van der Waals surface area contributed by atoms with Crippen molar-refractivity contribution in [2.24, 2.45) is 17.6 Å². The van der Waals surface area contributed by atoms with E-state index < -0.39 is 6.04 Å². The van der Waals surface area contributed by atoms with Gasteiger partial charge in [0.1, 0.15) is 0 Å². The van der Waals surface area contributed by atoms with Gasteiger partial charge in [-0.1, -0.05) is 13.8 Å². The Kier molecular flexibility index (Phi) is 5.25. The summed E-state index contributed by atoms with van der Waals surface area (Å²) in [6, 6.07) is 0.0441. The summed E-state index contributed by atoms with van der Waals surface area (Å²) in [7, 11) is 0. The van der Waals surface area contributed by atoms with Gasteiger partial charge in [0.05, 0.1) is 6.04 Å². The average Bonchev–Trinajstić information content (AvgIpc) is 3.27. The Bertz CT molecular complexity index is 393. The van der Waals surface area contributed by atoms with E-state index in [1.165, 1.54) is 0 Å². The highest BCUT2D eigenvalue weighted by Crippen LogP contribution is 2.29. The fourth-order valence-corrected chi connectivity index (χ4v) is 3.11. The van der Waals surface area contributed by atoms with Gasteiger partial charge in [-0.25, -0.2) is 0 Å². The first-order chi connectivity index (χ1) is 9.90. The maximum absolute atomic E-state index is 12.4. The van der Waals surface area contributed by atoms with Crippen LogP contribution in [0.5, 0.6) is 0 Å². The quantitative estimate of drug-likeness (QED) is 0.829. The second-order valence-electron chi connectivity index (χ2n) is 6.96. The minimum absolute atomic E-state index is 0.0653. The van der Waals surface area contributed by atoms with Crippen LogP contribution < -0.4 is 5.73 Å². The first-order valence-electron chi connectivity index (χ1n) is 8.21. The number of nitrogens with two attached hydrogens (primary N) is 1. The van der Waals surface area contributed by atoms with E-state index in [0.29, 0.717) is 12.0 Å². The van der Waals surface area contributed by atoms with Gasteiger partial charge in [-0.2, -0.15) is 0 Å². The predicted octanol–water partition coefficient (Wildman–Crippen LogP) is 1.22. The molecule has 120 valence electrons. The second-order valence-corrected chi connectivity index (χ2v) is 6.96. The van der Waals surface area contributed by atoms with Gasteiger partial charge in [0, 0.05) is 32.6 Å². The lowest BCUT2D eigenvalue weighted by atomic mass is 9.95. The maximum Gasteiger partial charge on any atom is 0.239 e. The molecule has 0 radical (unpaired) electrons. The SMILES string of the molecule is CC(=O)N(CC1CCCN(C(=O)C(N)C(C)C)C1)C1CC1. The summed E-state index contributed by atoms with van der Waals surface area (Å²) in [5.74, 6) is 0.792. The number of rotatable bonds is 5. The van der Waals surface area contributed by atoms with Crippen molar-refractivity contribution in [1.82, 2.24) is 9.80 Å². The van der Waals surface area contributed by atoms with E-state index in [1.807, 2.05) is 23.6 Å². The molecule has 0 aromatic rings. The Balaban J connectivity index is 1.91. The molecule has 0 spiro atoms. The smallest absolute Gasteiger partial charge is 0.239 e. The Morgan fingerprint density at radius 2 is 1.95 bits per heavy atom. The van der Waals surface area contributed by atoms with Crippen molar-refractivity contribution in [3.63, 3.8) is 0 Å². The van der Waals surface area contributed by atoms with Crippen molar-refractivity contribution < 1.29 is 9.59 Å². The summed E-state index contributed by atoms with van der Waals surface area (Å²) >= 11 is 0. The molecule has 2 fully saturated rings. The zero-order valence-corrected chi connectivity index (χ0v) is 13.5. The van der Waals surface area contributed by atoms with E-state index in [-0.39, 0.29) is 17.7 Å². The molecule has 0 aromatic heterocycles. The van der Waals surface area contributed by atoms with Gasteiger partial charge in [-0.15, -0.1) is 0 Å². The summed E-state index contributed by atoms with van der Waals surface area (Å²) in [6.45, 7) is 7.96. The lowest BCUT2D eigenvalue weighted by Crippen LogP contribution is -2.51. The monoisotopic (exact) mass is 295 g/mol. The first-order valence-corrected chi connectivity index (χ1v) is 8.21. The van der Waals surface area contributed by atoms with E-state index in [0.717, 1.165) is 45.3 Å². The standard InChI is InChI=1S/C16H29N3O2/c1-11(2)15(17)16(21)18-8-4-5-13(9-18)10-19(12(3)20)14-6-7-14/h11,13-15H,4-10,17H2,1-3H3. The highest BCUT2D eigenvalue weighted by Gasteiger charge is 2.34. The molecule has 1 heterocycles. The molecule has 1 aliphatic heterocycles. The minimum atomic E-state index is -0.406. The molecule has 2 rings (SSSR count). The molecule has 2 atom stereocenters. The van der Waals surface area contributed by atoms with Crippen LogP contribution in [0.25, 0.3) is 0 Å². The Morgan fingerprint density at radius 1 is 1.29 bits per heavy atom. The number of amides is 2. The maximum atomic E-state index is 12.4. The van der Waals surface area contributed by atoms with Gasteiger partial charge in [-0.3, -0.25) is 9.59 Å². The van der Waals surface area contributed by atoms with Crippen molar-refractivity contribution in [3.8, 4) is 0 Å². The molecule has 21 heavy (non-hydrogen) atoms. The lowest BCUT2D eigenvalue weighted by Gasteiger charge is -2.37. The van der Waals surface area contributed by atoms with Gasteiger partial charge >= 0.3 is 0 Å². The molecule has 2 amide bonds. The molecule has 1 saturated heterocycles. The lowest BCUT2D eigenvalue weighted by molar-refractivity contribution is -0.136. The van der Waals surface area contributed by atoms with Crippen LogP contribution in [-0.4, -0.2) is 53.3 Å². The number of carbonyl (C=O) groups is 2.